The van der Waals surface area contributed by atoms with Crippen molar-refractivity contribution in [2.45, 2.75) is 113 Å². The average Bonchev–Trinajstić information content (AvgIpc) is 3.19. The Morgan fingerprint density at radius 1 is 0.526 bits per heavy atom. The fourth-order valence-electron chi connectivity index (χ4n) is 5.77. The van der Waals surface area contributed by atoms with E-state index in [2.05, 4.69) is 21.3 Å². The van der Waals surface area contributed by atoms with Crippen LogP contribution in [0.5, 0.6) is 0 Å². The Bertz CT molecular complexity index is 1140. The first-order valence-electron chi connectivity index (χ1n) is 19.1. The van der Waals surface area contributed by atoms with Crippen LogP contribution in [0.1, 0.15) is 51.4 Å². The first-order valence-corrected chi connectivity index (χ1v) is 19.1. The maximum atomic E-state index is 12.5. The van der Waals surface area contributed by atoms with Crippen LogP contribution >= 0.6 is 0 Å². The maximum Gasteiger partial charge on any atom is 0.239 e. The third kappa shape index (κ3) is 18.1. The number of nitrogens with zero attached hydrogens (tertiary/aromatic N) is 1. The molecule has 23 nitrogen and oxygen atoms in total. The SMILES string of the molecule is NCC(=O)N(CC(=O)NCCCCCC(=O)NCCO[C@H]1O[C@H](CO)[C@@H](O)[C@H](O)[C@@H]1O)CC(=O)NCCCCCC(=O)NCCO[C@H]1O[C@H](CO)[C@@H](O)[C@H](O)[C@@H]1O. The second kappa shape index (κ2) is 27.5. The summed E-state index contributed by atoms with van der Waals surface area (Å²) < 4.78 is 21.1. The molecule has 14 N–H and O–H groups in total. The number of aliphatic hydroxyl groups is 8. The highest BCUT2D eigenvalue weighted by atomic mass is 16.7. The lowest BCUT2D eigenvalue weighted by atomic mass is 9.99. The van der Waals surface area contributed by atoms with E-state index < -0.39 is 98.9 Å². The van der Waals surface area contributed by atoms with Gasteiger partial charge in [-0.05, 0) is 25.7 Å². The van der Waals surface area contributed by atoms with Gasteiger partial charge in [0.2, 0.25) is 29.5 Å². The van der Waals surface area contributed by atoms with Crippen LogP contribution in [0.25, 0.3) is 0 Å². The molecule has 10 atom stereocenters. The summed E-state index contributed by atoms with van der Waals surface area (Å²) in [6, 6.07) is 0. The van der Waals surface area contributed by atoms with Crippen LogP contribution in [0.4, 0.5) is 0 Å². The third-order valence-electron chi connectivity index (χ3n) is 9.11. The van der Waals surface area contributed by atoms with Crippen LogP contribution in [-0.2, 0) is 42.9 Å². The quantitative estimate of drug-likeness (QED) is 0.0342. The molecule has 2 saturated heterocycles. The molecule has 330 valence electrons. The largest absolute Gasteiger partial charge is 0.394 e. The number of nitrogens with two attached hydrogens (primary N) is 1. The van der Waals surface area contributed by atoms with Crippen LogP contribution in [-0.4, -0.2) is 209 Å². The zero-order valence-corrected chi connectivity index (χ0v) is 32.0. The van der Waals surface area contributed by atoms with Crippen molar-refractivity contribution in [2.75, 3.05) is 72.2 Å². The molecule has 0 bridgehead atoms. The number of rotatable bonds is 27. The molecule has 2 aliphatic rings. The lowest BCUT2D eigenvalue weighted by Gasteiger charge is -2.39. The van der Waals surface area contributed by atoms with Crippen molar-refractivity contribution in [1.29, 1.82) is 0 Å². The molecule has 0 aromatic carbocycles. The third-order valence-corrected chi connectivity index (χ3v) is 9.11. The number of aliphatic hydroxyl groups excluding tert-OH is 8. The number of ether oxygens (including phenoxy) is 4. The summed E-state index contributed by atoms with van der Waals surface area (Å²) in [4.78, 5) is 62.4. The Morgan fingerprint density at radius 3 is 1.28 bits per heavy atom. The number of hydrogen-bond donors (Lipinski definition) is 13. The minimum Gasteiger partial charge on any atom is -0.394 e. The van der Waals surface area contributed by atoms with Crippen molar-refractivity contribution in [3.8, 4) is 0 Å². The van der Waals surface area contributed by atoms with E-state index in [-0.39, 0.29) is 77.1 Å². The topological polar surface area (TPSA) is 361 Å². The van der Waals surface area contributed by atoms with Crippen molar-refractivity contribution in [2.24, 2.45) is 5.73 Å². The molecule has 0 saturated carbocycles. The van der Waals surface area contributed by atoms with Gasteiger partial charge in [-0.15, -0.1) is 0 Å². The van der Waals surface area contributed by atoms with Crippen LogP contribution in [0.3, 0.4) is 0 Å². The van der Waals surface area contributed by atoms with E-state index in [1.54, 1.807) is 0 Å². The normalized spacial score (nSPS) is 27.3. The van der Waals surface area contributed by atoms with Gasteiger partial charge < -0.3 is 91.7 Å². The Morgan fingerprint density at radius 2 is 0.912 bits per heavy atom. The van der Waals surface area contributed by atoms with Gasteiger partial charge in [-0.2, -0.15) is 0 Å². The highest BCUT2D eigenvalue weighted by molar-refractivity contribution is 5.89. The van der Waals surface area contributed by atoms with E-state index >= 15 is 0 Å². The molecule has 0 aromatic heterocycles. The maximum absolute atomic E-state index is 12.5. The number of carbonyl (C=O) groups is 5. The van der Waals surface area contributed by atoms with Gasteiger partial charge in [-0.3, -0.25) is 24.0 Å². The van der Waals surface area contributed by atoms with Gasteiger partial charge in [0.15, 0.2) is 12.6 Å². The van der Waals surface area contributed by atoms with Crippen molar-refractivity contribution in [3.05, 3.63) is 0 Å². The zero-order valence-electron chi connectivity index (χ0n) is 32.0. The smallest absolute Gasteiger partial charge is 0.239 e. The van der Waals surface area contributed by atoms with Crippen LogP contribution in [0.15, 0.2) is 0 Å². The molecular formula is C34H62N6O17. The molecule has 0 aromatic rings. The summed E-state index contributed by atoms with van der Waals surface area (Å²) >= 11 is 0. The van der Waals surface area contributed by atoms with Gasteiger partial charge in [0.05, 0.1) is 33.0 Å². The first-order chi connectivity index (χ1) is 27.2. The van der Waals surface area contributed by atoms with E-state index in [0.717, 1.165) is 4.90 Å². The molecule has 2 aliphatic heterocycles. The molecule has 0 unspecified atom stereocenters. The Balaban J connectivity index is 1.50. The Labute approximate surface area is 330 Å². The summed E-state index contributed by atoms with van der Waals surface area (Å²) in [6.45, 7) is -1.72. The minimum absolute atomic E-state index is 0.0589. The second-order valence-electron chi connectivity index (χ2n) is 13.6. The molecule has 0 aliphatic carbocycles. The lowest BCUT2D eigenvalue weighted by molar-refractivity contribution is -0.300. The van der Waals surface area contributed by atoms with E-state index in [1.165, 1.54) is 0 Å². The summed E-state index contributed by atoms with van der Waals surface area (Å²) in [5, 5.41) is 88.2. The van der Waals surface area contributed by atoms with Crippen molar-refractivity contribution in [1.82, 2.24) is 26.2 Å². The summed E-state index contributed by atoms with van der Waals surface area (Å²) in [7, 11) is 0. The monoisotopic (exact) mass is 826 g/mol. The average molecular weight is 827 g/mol. The molecule has 2 heterocycles. The highest BCUT2D eigenvalue weighted by Crippen LogP contribution is 2.23. The minimum atomic E-state index is -1.56. The van der Waals surface area contributed by atoms with Crippen LogP contribution < -0.4 is 27.0 Å². The molecule has 5 amide bonds. The molecule has 23 heteroatoms. The fraction of sp³-hybridized carbons (Fsp3) is 0.853. The Hall–Kier alpha value is -3.17. The van der Waals surface area contributed by atoms with Crippen molar-refractivity contribution in [3.63, 3.8) is 0 Å². The van der Waals surface area contributed by atoms with Crippen molar-refractivity contribution < 1.29 is 83.8 Å². The predicted octanol–water partition coefficient (Wildman–Crippen LogP) is -7.01. The van der Waals surface area contributed by atoms with Gasteiger partial charge >= 0.3 is 0 Å². The van der Waals surface area contributed by atoms with E-state index in [9.17, 15) is 64.8 Å². The number of nitrogens with one attached hydrogen (secondary N) is 4. The molecule has 57 heavy (non-hydrogen) atoms. The van der Waals surface area contributed by atoms with Gasteiger partial charge in [0.1, 0.15) is 61.9 Å². The van der Waals surface area contributed by atoms with Gasteiger partial charge in [-0.1, -0.05) is 12.8 Å². The summed E-state index contributed by atoms with van der Waals surface area (Å²) in [5.74, 6) is -2.07. The Kier molecular flexibility index (Phi) is 24.1. The van der Waals surface area contributed by atoms with E-state index in [0.29, 0.717) is 38.5 Å². The second-order valence-corrected chi connectivity index (χ2v) is 13.6. The molecule has 2 fully saturated rings. The number of amides is 5. The summed E-state index contributed by atoms with van der Waals surface area (Å²) in [5.41, 5.74) is 5.46. The molecule has 0 radical (unpaired) electrons. The van der Waals surface area contributed by atoms with Gasteiger partial charge in [0, 0.05) is 39.0 Å². The molecular weight excluding hydrogens is 764 g/mol. The van der Waals surface area contributed by atoms with Gasteiger partial charge in [0.25, 0.3) is 0 Å². The number of hydrogen-bond acceptors (Lipinski definition) is 18. The van der Waals surface area contributed by atoms with E-state index in [4.69, 9.17) is 24.7 Å². The van der Waals surface area contributed by atoms with Crippen LogP contribution in [0.2, 0.25) is 0 Å². The van der Waals surface area contributed by atoms with Crippen LogP contribution in [0, 0.1) is 0 Å². The number of carbonyl (C=O) groups excluding carboxylic acids is 5. The van der Waals surface area contributed by atoms with Crippen molar-refractivity contribution >= 4 is 29.5 Å². The molecule has 0 spiro atoms. The highest BCUT2D eigenvalue weighted by Gasteiger charge is 2.45. The van der Waals surface area contributed by atoms with Gasteiger partial charge in [-0.25, -0.2) is 0 Å². The molecule has 2 rings (SSSR count). The predicted molar refractivity (Wildman–Crippen MR) is 194 cm³/mol. The standard InChI is InChI=1S/C34H62N6O17/c35-15-26(47)40(16-24(45)36-9-5-1-3-7-22(43)38-11-13-54-33-31(52)29(50)27(48)20(18-41)56-33)17-25(46)37-10-6-2-4-8-23(44)39-12-14-55-34-32(53)30(51)28(49)21(19-42)57-34/h20-21,27-34,41-42,48-53H,1-19,35H2,(H,36,45)(H,37,46)(H,38,43)(H,39,44)/t20-,21-,27-,28-,29+,30+,31+,32+,33+,34+/m1/s1. The summed E-state index contributed by atoms with van der Waals surface area (Å²) in [6.07, 6.45) is -10.2. The first kappa shape index (κ1) is 50.0. The zero-order chi connectivity index (χ0) is 42.3. The number of unbranched alkanes of at least 4 members (excludes halogenated alkanes) is 4. The van der Waals surface area contributed by atoms with E-state index in [1.807, 2.05) is 0 Å². The fourth-order valence-corrected chi connectivity index (χ4v) is 5.77. The lowest BCUT2D eigenvalue weighted by Crippen LogP contribution is -2.59.